The van der Waals surface area contributed by atoms with E-state index >= 15 is 0 Å². The predicted octanol–water partition coefficient (Wildman–Crippen LogP) is 6.23. The Bertz CT molecular complexity index is 1540. The van der Waals surface area contributed by atoms with Gasteiger partial charge in [0.15, 0.2) is 6.29 Å². The largest absolute Gasteiger partial charge is 0.392 e. The molecule has 9 rings (SSSR count). The summed E-state index contributed by atoms with van der Waals surface area (Å²) in [5.41, 5.74) is 6.14. The molecule has 2 saturated heterocycles. The highest BCUT2D eigenvalue weighted by Crippen LogP contribution is 2.55. The van der Waals surface area contributed by atoms with Crippen molar-refractivity contribution < 1.29 is 24.5 Å². The molecule has 2 heterocycles. The van der Waals surface area contributed by atoms with Crippen LogP contribution < -0.4 is 10.6 Å². The number of aliphatic hydroxyl groups is 2. The lowest BCUT2D eigenvalue weighted by Crippen LogP contribution is -2.61. The van der Waals surface area contributed by atoms with Gasteiger partial charge in [0.1, 0.15) is 0 Å². The number of urea groups is 1. The number of amides is 2. The van der Waals surface area contributed by atoms with E-state index in [1.807, 2.05) is 36.4 Å². The summed E-state index contributed by atoms with van der Waals surface area (Å²) < 4.78 is 13.1. The standard InChI is InChI=1S/C40H49N3O5/c44-25-26-5-7-31(8-6-26)37-18-35(24-43-14-13-34(45)23-43)47-38(48-37)32-11-9-30(10-12-32)36-4-2-1-3-33(36)22-41-39(46)42-40-19-27-15-28(20-40)17-29(16-27)21-40/h1-12,27-29,34-35,37-38,44-45H,13-25H2,(H2,41,42,46)/t27?,28?,29?,34-,35+,37-,38-,40?/m0/s1. The molecule has 6 aliphatic rings. The van der Waals surface area contributed by atoms with E-state index in [-0.39, 0.29) is 36.5 Å². The van der Waals surface area contributed by atoms with Crippen LogP contribution in [0.3, 0.4) is 0 Å². The van der Waals surface area contributed by atoms with Crippen LogP contribution in [0.2, 0.25) is 0 Å². The van der Waals surface area contributed by atoms with Gasteiger partial charge in [0.2, 0.25) is 0 Å². The second-order valence-corrected chi connectivity index (χ2v) is 15.3. The van der Waals surface area contributed by atoms with Gasteiger partial charge in [-0.2, -0.15) is 0 Å². The van der Waals surface area contributed by atoms with Crippen molar-refractivity contribution in [1.82, 2.24) is 15.5 Å². The van der Waals surface area contributed by atoms with Gasteiger partial charge in [-0.05, 0) is 90.5 Å². The van der Waals surface area contributed by atoms with E-state index < -0.39 is 6.29 Å². The van der Waals surface area contributed by atoms with Crippen molar-refractivity contribution in [3.63, 3.8) is 0 Å². The summed E-state index contributed by atoms with van der Waals surface area (Å²) in [6.45, 7) is 2.77. The van der Waals surface area contributed by atoms with Crippen molar-refractivity contribution in [2.45, 2.75) is 94.7 Å². The Morgan fingerprint density at radius 1 is 0.854 bits per heavy atom. The van der Waals surface area contributed by atoms with E-state index in [4.69, 9.17) is 9.47 Å². The Hall–Kier alpha value is -3.27. The molecule has 3 aromatic rings. The number of benzene rings is 3. The normalized spacial score (nSPS) is 32.8. The molecule has 4 N–H and O–H groups in total. The summed E-state index contributed by atoms with van der Waals surface area (Å²) >= 11 is 0. The molecule has 4 saturated carbocycles. The first-order valence-electron chi connectivity index (χ1n) is 18.1. The van der Waals surface area contributed by atoms with Crippen molar-refractivity contribution in [1.29, 1.82) is 0 Å². The SMILES string of the molecule is O=C(NCc1ccccc1-c1ccc([C@H]2O[C@@H](CN3CC[C@H](O)C3)C[C@@H](c3ccc(CO)cc3)O2)cc1)NC12CC3CC(CC(C3)C1)C2. The number of carbonyl (C=O) groups is 1. The molecule has 0 aromatic heterocycles. The molecular weight excluding hydrogens is 602 g/mol. The number of nitrogens with one attached hydrogen (secondary N) is 2. The van der Waals surface area contributed by atoms with Crippen LogP contribution in [0.1, 0.15) is 86.0 Å². The summed E-state index contributed by atoms with van der Waals surface area (Å²) in [7, 11) is 0. The van der Waals surface area contributed by atoms with E-state index in [9.17, 15) is 15.0 Å². The van der Waals surface area contributed by atoms with E-state index in [0.29, 0.717) is 13.1 Å². The maximum Gasteiger partial charge on any atom is 0.315 e. The van der Waals surface area contributed by atoms with Crippen LogP contribution in [0, 0.1) is 17.8 Å². The second kappa shape index (κ2) is 13.6. The van der Waals surface area contributed by atoms with Crippen molar-refractivity contribution in [2.24, 2.45) is 17.8 Å². The van der Waals surface area contributed by atoms with E-state index in [2.05, 4.69) is 51.9 Å². The lowest BCUT2D eigenvalue weighted by atomic mass is 9.53. The number of nitrogens with zero attached hydrogens (tertiary/aromatic N) is 1. The number of likely N-dealkylation sites (tertiary alicyclic amines) is 1. The molecule has 8 heteroatoms. The first-order chi connectivity index (χ1) is 23.4. The minimum Gasteiger partial charge on any atom is -0.392 e. The topological polar surface area (TPSA) is 103 Å². The number of hydrogen-bond acceptors (Lipinski definition) is 6. The zero-order chi connectivity index (χ0) is 32.7. The van der Waals surface area contributed by atoms with E-state index in [0.717, 1.165) is 96.3 Å². The van der Waals surface area contributed by atoms with Gasteiger partial charge in [0, 0.05) is 43.7 Å². The Balaban J connectivity index is 0.947. The lowest BCUT2D eigenvalue weighted by molar-refractivity contribution is -0.252. The number of rotatable bonds is 9. The third-order valence-electron chi connectivity index (χ3n) is 11.7. The molecule has 3 aromatic carbocycles. The third kappa shape index (κ3) is 6.92. The van der Waals surface area contributed by atoms with Crippen LogP contribution in [-0.2, 0) is 22.6 Å². The molecule has 254 valence electrons. The van der Waals surface area contributed by atoms with Crippen LogP contribution in [0.15, 0.2) is 72.8 Å². The van der Waals surface area contributed by atoms with Crippen molar-refractivity contribution >= 4 is 6.03 Å². The second-order valence-electron chi connectivity index (χ2n) is 15.3. The van der Waals surface area contributed by atoms with Crippen LogP contribution in [0.25, 0.3) is 11.1 Å². The minimum atomic E-state index is -0.530. The number of aliphatic hydroxyl groups excluding tert-OH is 2. The first kappa shape index (κ1) is 32.0. The highest BCUT2D eigenvalue weighted by molar-refractivity contribution is 5.76. The van der Waals surface area contributed by atoms with Crippen LogP contribution in [0.5, 0.6) is 0 Å². The Labute approximate surface area is 283 Å². The number of ether oxygens (including phenoxy) is 2. The average Bonchev–Trinajstić information content (AvgIpc) is 3.50. The van der Waals surface area contributed by atoms with Gasteiger partial charge in [-0.1, -0.05) is 72.8 Å². The van der Waals surface area contributed by atoms with Crippen LogP contribution >= 0.6 is 0 Å². The van der Waals surface area contributed by atoms with Gasteiger partial charge in [0.25, 0.3) is 0 Å². The quantitative estimate of drug-likeness (QED) is 0.219. The fraction of sp³-hybridized carbons (Fsp3) is 0.525. The predicted molar refractivity (Wildman–Crippen MR) is 184 cm³/mol. The first-order valence-corrected chi connectivity index (χ1v) is 18.1. The smallest absolute Gasteiger partial charge is 0.315 e. The van der Waals surface area contributed by atoms with Gasteiger partial charge >= 0.3 is 6.03 Å². The van der Waals surface area contributed by atoms with Crippen molar-refractivity contribution in [2.75, 3.05) is 19.6 Å². The summed E-state index contributed by atoms with van der Waals surface area (Å²) in [5, 5.41) is 26.3. The molecule has 2 amide bonds. The van der Waals surface area contributed by atoms with E-state index in [1.165, 1.54) is 19.3 Å². The molecule has 0 radical (unpaired) electrons. The maximum atomic E-state index is 13.2. The summed E-state index contributed by atoms with van der Waals surface area (Å²) in [6.07, 6.45) is 8.02. The zero-order valence-electron chi connectivity index (χ0n) is 27.7. The molecule has 0 unspecified atom stereocenters. The van der Waals surface area contributed by atoms with Crippen molar-refractivity contribution in [3.05, 3.63) is 95.1 Å². The average molecular weight is 652 g/mol. The Kier molecular flexibility index (Phi) is 9.03. The lowest BCUT2D eigenvalue weighted by Gasteiger charge is -2.56. The van der Waals surface area contributed by atoms with Gasteiger partial charge in [-0.15, -0.1) is 0 Å². The molecule has 48 heavy (non-hydrogen) atoms. The van der Waals surface area contributed by atoms with Crippen LogP contribution in [-0.4, -0.2) is 58.5 Å². The highest BCUT2D eigenvalue weighted by atomic mass is 16.7. The Morgan fingerprint density at radius 3 is 2.21 bits per heavy atom. The number of β-amino-alcohol motifs (C(OH)–C–C–N with tert-alkyl or cyclic N) is 1. The highest BCUT2D eigenvalue weighted by Gasteiger charge is 2.51. The van der Waals surface area contributed by atoms with Crippen molar-refractivity contribution in [3.8, 4) is 11.1 Å². The third-order valence-corrected chi connectivity index (χ3v) is 11.7. The van der Waals surface area contributed by atoms with Gasteiger partial charge in [0.05, 0.1) is 24.9 Å². The fourth-order valence-corrected chi connectivity index (χ4v) is 9.80. The maximum absolute atomic E-state index is 13.2. The number of carbonyl (C=O) groups excluding carboxylic acids is 1. The molecule has 0 spiro atoms. The van der Waals surface area contributed by atoms with Gasteiger partial charge < -0.3 is 30.3 Å². The fourth-order valence-electron chi connectivity index (χ4n) is 9.80. The zero-order valence-corrected chi connectivity index (χ0v) is 27.7. The molecule has 4 atom stereocenters. The molecule has 4 aliphatic carbocycles. The Morgan fingerprint density at radius 2 is 1.54 bits per heavy atom. The minimum absolute atomic E-state index is 0.00588. The molecule has 2 aliphatic heterocycles. The summed E-state index contributed by atoms with van der Waals surface area (Å²) in [4.78, 5) is 15.5. The van der Waals surface area contributed by atoms with Crippen LogP contribution in [0.4, 0.5) is 4.79 Å². The number of hydrogen-bond donors (Lipinski definition) is 4. The molecule has 4 bridgehead atoms. The molecule has 8 nitrogen and oxygen atoms in total. The molecule has 6 fully saturated rings. The monoisotopic (exact) mass is 651 g/mol. The van der Waals surface area contributed by atoms with E-state index in [1.54, 1.807) is 0 Å². The summed E-state index contributed by atoms with van der Waals surface area (Å²) in [5.74, 6) is 2.37. The summed E-state index contributed by atoms with van der Waals surface area (Å²) in [6, 6.07) is 24.6. The molecular formula is C40H49N3O5. The van der Waals surface area contributed by atoms with Gasteiger partial charge in [-0.25, -0.2) is 4.79 Å². The van der Waals surface area contributed by atoms with Gasteiger partial charge in [-0.3, -0.25) is 4.90 Å².